The van der Waals surface area contributed by atoms with E-state index in [1.807, 2.05) is 0 Å². The van der Waals surface area contributed by atoms with Gasteiger partial charge in [0.05, 0.1) is 0 Å². The first kappa shape index (κ1) is 76.1. The maximum atomic E-state index is 12.4. The van der Waals surface area contributed by atoms with Gasteiger partial charge in [0.15, 0.2) is 0 Å². The van der Waals surface area contributed by atoms with Crippen LogP contribution in [0.4, 0.5) is 0 Å². The van der Waals surface area contributed by atoms with E-state index in [2.05, 4.69) is 77.9 Å². The van der Waals surface area contributed by atoms with Crippen molar-refractivity contribution in [3.8, 4) is 34.5 Å². The molecule has 0 heterocycles. The second-order valence-electron chi connectivity index (χ2n) is 26.0. The topological polar surface area (TPSA) is 88.4 Å². The minimum atomic E-state index is -2.20. The average Bonchev–Trinajstić information content (AvgIpc) is 3.70. The highest BCUT2D eigenvalue weighted by Gasteiger charge is 2.28. The first-order chi connectivity index (χ1) is 41.8. The molecular weight excluding hydrogens is 1060 g/mol. The minimum Gasteiger partial charge on any atom is -0.507 e. The predicted octanol–water partition coefficient (Wildman–Crippen LogP) is 26.7. The van der Waals surface area contributed by atoms with E-state index in [4.69, 9.17) is 13.6 Å². The van der Waals surface area contributed by atoms with E-state index in [0.717, 1.165) is 110 Å². The number of benzene rings is 3. The quantitative estimate of drug-likeness (QED) is 0.0386. The Balaban J connectivity index is 2.11. The second-order valence-corrected chi connectivity index (χ2v) is 27.0. The third-order valence-electron chi connectivity index (χ3n) is 18.2. The van der Waals surface area contributed by atoms with Crippen LogP contribution in [0.1, 0.15) is 383 Å². The third kappa shape index (κ3) is 35.0. The summed E-state index contributed by atoms with van der Waals surface area (Å²) in [6, 6.07) is 12.4. The molecule has 85 heavy (non-hydrogen) atoms. The molecule has 0 radical (unpaired) electrons. The number of aryl methyl sites for hydroxylation is 3. The van der Waals surface area contributed by atoms with E-state index in [9.17, 15) is 15.3 Å². The lowest BCUT2D eigenvalue weighted by molar-refractivity contribution is 0.373. The molecule has 3 N–H and O–H groups in total. The lowest BCUT2D eigenvalue weighted by Crippen LogP contribution is -2.08. The zero-order chi connectivity index (χ0) is 61.1. The molecule has 0 aliphatic heterocycles. The van der Waals surface area contributed by atoms with Crippen molar-refractivity contribution in [2.45, 2.75) is 388 Å². The molecule has 7 heteroatoms. The van der Waals surface area contributed by atoms with Crippen LogP contribution >= 0.6 is 8.60 Å². The fourth-order valence-corrected chi connectivity index (χ4v) is 13.6. The van der Waals surface area contributed by atoms with Crippen molar-refractivity contribution < 1.29 is 28.9 Å². The van der Waals surface area contributed by atoms with Gasteiger partial charge in [0.2, 0.25) is 0 Å². The number of phenols is 3. The Morgan fingerprint density at radius 2 is 0.388 bits per heavy atom. The number of aromatic hydroxyl groups is 3. The summed E-state index contributed by atoms with van der Waals surface area (Å²) in [5.41, 5.74) is 5.50. The van der Waals surface area contributed by atoms with E-state index in [0.29, 0.717) is 53.8 Å². The van der Waals surface area contributed by atoms with Crippen LogP contribution < -0.4 is 13.6 Å². The molecule has 0 fully saturated rings. The lowest BCUT2D eigenvalue weighted by Gasteiger charge is -2.24. The Labute approximate surface area is 527 Å². The van der Waals surface area contributed by atoms with Crippen LogP contribution in [0.3, 0.4) is 0 Å². The molecule has 3 aromatic rings. The van der Waals surface area contributed by atoms with Crippen molar-refractivity contribution in [1.29, 1.82) is 0 Å². The normalized spacial score (nSPS) is 11.6. The van der Waals surface area contributed by atoms with Crippen LogP contribution in [0.2, 0.25) is 0 Å². The first-order valence-electron chi connectivity index (χ1n) is 37.2. The van der Waals surface area contributed by atoms with Gasteiger partial charge in [-0.15, -0.1) is 0 Å². The molecule has 0 bridgehead atoms. The van der Waals surface area contributed by atoms with Gasteiger partial charge in [-0.3, -0.25) is 0 Å². The highest BCUT2D eigenvalue weighted by atomic mass is 31.2. The molecule has 3 aromatic carbocycles. The van der Waals surface area contributed by atoms with Crippen molar-refractivity contribution in [3.63, 3.8) is 0 Å². The summed E-state index contributed by atoms with van der Waals surface area (Å²) in [4.78, 5) is 0. The molecule has 0 atom stereocenters. The Morgan fingerprint density at radius 3 is 0.576 bits per heavy atom. The average molecular weight is 1200 g/mol. The fraction of sp³-hybridized carbons (Fsp3) is 0.769. The molecule has 0 aliphatic rings. The summed E-state index contributed by atoms with van der Waals surface area (Å²) >= 11 is 0. The van der Waals surface area contributed by atoms with Crippen molar-refractivity contribution in [1.82, 2.24) is 0 Å². The standard InChI is InChI=1S/C78H135O6P/c1-7-13-19-25-31-37-43-49-55-67-61-64-73(70(76(67)79)58-52-46-40-34-28-22-16-10-4)82-85(83-74-65-62-68(56-50-44-38-32-26-20-14-8-2)77(80)71(74)59-53-47-41-35-29-23-17-11-5)84-75-66-63-69(57-51-45-39-33-27-21-15-9-3)78(81)72(75)60-54-48-42-36-30-24-18-12-6/h61-66,79-81H,7-60H2,1-6H3. The molecular formula is C78H135O6P. The molecule has 0 saturated heterocycles. The molecule has 488 valence electrons. The summed E-state index contributed by atoms with van der Waals surface area (Å²) in [7, 11) is -2.20. The minimum absolute atomic E-state index is 0.357. The van der Waals surface area contributed by atoms with Crippen molar-refractivity contribution in [2.75, 3.05) is 0 Å². The van der Waals surface area contributed by atoms with Crippen LogP contribution in [-0.4, -0.2) is 15.3 Å². The summed E-state index contributed by atoms with van der Waals surface area (Å²) in [5.74, 6) is 2.88. The zero-order valence-corrected chi connectivity index (χ0v) is 57.6. The van der Waals surface area contributed by atoms with Gasteiger partial charge in [-0.25, -0.2) is 0 Å². The van der Waals surface area contributed by atoms with E-state index in [-0.39, 0.29) is 0 Å². The predicted molar refractivity (Wildman–Crippen MR) is 371 cm³/mol. The maximum Gasteiger partial charge on any atom is 0.530 e. The Bertz CT molecular complexity index is 1810. The summed E-state index contributed by atoms with van der Waals surface area (Å²) in [5, 5.41) is 37.1. The monoisotopic (exact) mass is 1200 g/mol. The van der Waals surface area contributed by atoms with Gasteiger partial charge in [0.1, 0.15) is 34.5 Å². The molecule has 6 nitrogen and oxygen atoms in total. The van der Waals surface area contributed by atoms with Gasteiger partial charge < -0.3 is 28.9 Å². The second kappa shape index (κ2) is 52.8. The highest BCUT2D eigenvalue weighted by molar-refractivity contribution is 7.43. The van der Waals surface area contributed by atoms with Gasteiger partial charge in [0.25, 0.3) is 0 Å². The Hall–Kier alpha value is -3.11. The van der Waals surface area contributed by atoms with Gasteiger partial charge in [-0.2, -0.15) is 0 Å². The van der Waals surface area contributed by atoms with Crippen LogP contribution in [0.25, 0.3) is 0 Å². The molecule has 0 spiro atoms. The van der Waals surface area contributed by atoms with Crippen LogP contribution in [0.15, 0.2) is 36.4 Å². The van der Waals surface area contributed by atoms with Crippen molar-refractivity contribution in [2.24, 2.45) is 0 Å². The number of phenolic OH excluding ortho intramolecular Hbond substituents is 3. The van der Waals surface area contributed by atoms with Crippen molar-refractivity contribution >= 4 is 8.60 Å². The molecule has 0 amide bonds. The van der Waals surface area contributed by atoms with E-state index >= 15 is 0 Å². The number of unbranched alkanes of at least 4 members (excludes halogenated alkanes) is 42. The molecule has 0 aromatic heterocycles. The van der Waals surface area contributed by atoms with Gasteiger partial charge >= 0.3 is 8.60 Å². The van der Waals surface area contributed by atoms with E-state index in [1.165, 1.54) is 250 Å². The Kier molecular flexibility index (Phi) is 47.3. The molecule has 0 unspecified atom stereocenters. The van der Waals surface area contributed by atoms with Gasteiger partial charge in [-0.05, 0) is 112 Å². The lowest BCUT2D eigenvalue weighted by atomic mass is 9.97. The van der Waals surface area contributed by atoms with Crippen molar-refractivity contribution in [3.05, 3.63) is 69.8 Å². The summed E-state index contributed by atoms with van der Waals surface area (Å²) < 4.78 is 21.5. The van der Waals surface area contributed by atoms with Crippen LogP contribution in [0.5, 0.6) is 34.5 Å². The largest absolute Gasteiger partial charge is 0.530 e. The molecule has 0 aliphatic carbocycles. The Morgan fingerprint density at radius 1 is 0.224 bits per heavy atom. The summed E-state index contributed by atoms with van der Waals surface area (Å²) in [6.45, 7) is 13.7. The SMILES string of the molecule is CCCCCCCCCCc1ccc(OP(Oc2ccc(CCCCCCCCCC)c(O)c2CCCCCCCCCC)Oc2ccc(CCCCCCCCCC)c(O)c2CCCCCCCCCC)c(CCCCCCCCCC)c1O. The number of rotatable bonds is 60. The summed E-state index contributed by atoms with van der Waals surface area (Å²) in [6.07, 6.45) is 63.6. The van der Waals surface area contributed by atoms with Crippen LogP contribution in [0, 0.1) is 0 Å². The van der Waals surface area contributed by atoms with E-state index < -0.39 is 8.60 Å². The molecule has 0 saturated carbocycles. The highest BCUT2D eigenvalue weighted by Crippen LogP contribution is 2.50. The van der Waals surface area contributed by atoms with Gasteiger partial charge in [-0.1, -0.05) is 329 Å². The number of hydrogen-bond acceptors (Lipinski definition) is 6. The number of hydrogen-bond donors (Lipinski definition) is 3. The zero-order valence-electron chi connectivity index (χ0n) is 56.7. The van der Waals surface area contributed by atoms with Crippen LogP contribution in [-0.2, 0) is 38.5 Å². The van der Waals surface area contributed by atoms with Gasteiger partial charge in [0, 0.05) is 16.7 Å². The van der Waals surface area contributed by atoms with E-state index in [1.54, 1.807) is 0 Å². The first-order valence-corrected chi connectivity index (χ1v) is 38.3. The smallest absolute Gasteiger partial charge is 0.507 e. The molecule has 3 rings (SSSR count). The maximum absolute atomic E-state index is 12.4. The fourth-order valence-electron chi connectivity index (χ4n) is 12.5. The third-order valence-corrected chi connectivity index (χ3v) is 19.3.